The number of aromatic nitrogens is 2. The predicted octanol–water partition coefficient (Wildman–Crippen LogP) is 3.77. The summed E-state index contributed by atoms with van der Waals surface area (Å²) < 4.78 is 0. The topological polar surface area (TPSA) is 31.9 Å². The van der Waals surface area contributed by atoms with Gasteiger partial charge in [-0.1, -0.05) is 35.9 Å². The number of H-pyrrole nitrogens is 1. The molecule has 0 bridgehead atoms. The van der Waals surface area contributed by atoms with Crippen LogP contribution in [0.5, 0.6) is 0 Å². The second-order valence-corrected chi connectivity index (χ2v) is 6.01. The van der Waals surface area contributed by atoms with Gasteiger partial charge in [-0.15, -0.1) is 0 Å². The Labute approximate surface area is 128 Å². The molecule has 3 nitrogen and oxygen atoms in total. The summed E-state index contributed by atoms with van der Waals surface area (Å²) in [7, 11) is 0. The first kappa shape index (κ1) is 12.9. The molecule has 0 spiro atoms. The zero-order valence-corrected chi connectivity index (χ0v) is 12.4. The zero-order valence-electron chi connectivity index (χ0n) is 11.6. The van der Waals surface area contributed by atoms with E-state index >= 15 is 0 Å². The molecule has 4 heteroatoms. The van der Waals surface area contributed by atoms with Crippen LogP contribution in [0.3, 0.4) is 0 Å². The number of fused-ring (bicyclic) bond motifs is 2. The molecule has 1 aromatic heterocycles. The van der Waals surface area contributed by atoms with Crippen molar-refractivity contribution in [1.29, 1.82) is 0 Å². The van der Waals surface area contributed by atoms with E-state index < -0.39 is 0 Å². The molecule has 0 saturated heterocycles. The maximum atomic E-state index is 6.02. The third-order valence-corrected chi connectivity index (χ3v) is 4.31. The number of rotatable bonds is 2. The van der Waals surface area contributed by atoms with Crippen molar-refractivity contribution in [2.24, 2.45) is 0 Å². The molecule has 21 heavy (non-hydrogen) atoms. The van der Waals surface area contributed by atoms with Crippen LogP contribution in [0, 0.1) is 0 Å². The summed E-state index contributed by atoms with van der Waals surface area (Å²) in [4.78, 5) is 10.5. The van der Waals surface area contributed by atoms with Gasteiger partial charge in [-0.25, -0.2) is 4.98 Å². The summed E-state index contributed by atoms with van der Waals surface area (Å²) in [5, 5.41) is 0.740. The Morgan fingerprint density at radius 3 is 2.90 bits per heavy atom. The molecule has 4 rings (SSSR count). The summed E-state index contributed by atoms with van der Waals surface area (Å²) in [6, 6.07) is 14.5. The summed E-state index contributed by atoms with van der Waals surface area (Å²) in [5.74, 6) is 1.01. The van der Waals surface area contributed by atoms with Gasteiger partial charge in [0.2, 0.25) is 0 Å². The Hall–Kier alpha value is -1.84. The van der Waals surface area contributed by atoms with Gasteiger partial charge in [-0.05, 0) is 35.7 Å². The minimum atomic E-state index is 0.740. The summed E-state index contributed by atoms with van der Waals surface area (Å²) in [6.45, 7) is 2.92. The van der Waals surface area contributed by atoms with E-state index in [1.807, 2.05) is 18.2 Å². The molecular weight excluding hydrogens is 282 g/mol. The van der Waals surface area contributed by atoms with Crippen molar-refractivity contribution in [3.63, 3.8) is 0 Å². The minimum Gasteiger partial charge on any atom is -0.341 e. The lowest BCUT2D eigenvalue weighted by molar-refractivity contribution is 0.240. The molecule has 0 radical (unpaired) electrons. The van der Waals surface area contributed by atoms with Gasteiger partial charge in [-0.2, -0.15) is 0 Å². The van der Waals surface area contributed by atoms with Crippen molar-refractivity contribution in [2.75, 3.05) is 6.54 Å². The highest BCUT2D eigenvalue weighted by atomic mass is 35.5. The van der Waals surface area contributed by atoms with Gasteiger partial charge in [0.25, 0.3) is 0 Å². The molecule has 2 heterocycles. The van der Waals surface area contributed by atoms with Gasteiger partial charge in [0.1, 0.15) is 5.82 Å². The Morgan fingerprint density at radius 2 is 2.00 bits per heavy atom. The monoisotopic (exact) mass is 297 g/mol. The van der Waals surface area contributed by atoms with E-state index in [0.29, 0.717) is 0 Å². The summed E-state index contributed by atoms with van der Waals surface area (Å²) in [5.41, 5.74) is 4.90. The predicted molar refractivity (Wildman–Crippen MR) is 85.4 cm³/mol. The molecule has 0 amide bonds. The van der Waals surface area contributed by atoms with Crippen molar-refractivity contribution < 1.29 is 0 Å². The number of hydrogen-bond acceptors (Lipinski definition) is 2. The number of benzene rings is 2. The SMILES string of the molecule is Clc1ccc2nc(CN3CCc4ccccc4C3)[nH]c2c1. The highest BCUT2D eigenvalue weighted by Gasteiger charge is 2.17. The van der Waals surface area contributed by atoms with E-state index in [0.717, 1.165) is 47.9 Å². The van der Waals surface area contributed by atoms with Gasteiger partial charge in [-0.3, -0.25) is 4.90 Å². The largest absolute Gasteiger partial charge is 0.341 e. The summed E-state index contributed by atoms with van der Waals surface area (Å²) in [6.07, 6.45) is 1.11. The van der Waals surface area contributed by atoms with E-state index in [1.165, 1.54) is 11.1 Å². The van der Waals surface area contributed by atoms with Crippen LogP contribution in [0.25, 0.3) is 11.0 Å². The third-order valence-electron chi connectivity index (χ3n) is 4.08. The number of halogens is 1. The lowest BCUT2D eigenvalue weighted by atomic mass is 10.00. The molecular formula is C17H16ClN3. The van der Waals surface area contributed by atoms with Crippen LogP contribution in [0.1, 0.15) is 17.0 Å². The Bertz CT molecular complexity index is 794. The maximum Gasteiger partial charge on any atom is 0.121 e. The molecule has 3 aromatic rings. The molecule has 0 saturated carbocycles. The number of nitrogens with one attached hydrogen (secondary N) is 1. The highest BCUT2D eigenvalue weighted by Crippen LogP contribution is 2.21. The first-order valence-electron chi connectivity index (χ1n) is 7.21. The van der Waals surface area contributed by atoms with Crippen molar-refractivity contribution in [3.05, 3.63) is 64.4 Å². The quantitative estimate of drug-likeness (QED) is 0.781. The van der Waals surface area contributed by atoms with Crippen LogP contribution in [-0.2, 0) is 19.5 Å². The number of nitrogens with zero attached hydrogens (tertiary/aromatic N) is 2. The molecule has 1 aliphatic rings. The number of hydrogen-bond donors (Lipinski definition) is 1. The Morgan fingerprint density at radius 1 is 1.14 bits per heavy atom. The van der Waals surface area contributed by atoms with E-state index in [1.54, 1.807) is 0 Å². The van der Waals surface area contributed by atoms with E-state index in [4.69, 9.17) is 11.6 Å². The molecule has 2 aromatic carbocycles. The van der Waals surface area contributed by atoms with Crippen molar-refractivity contribution >= 4 is 22.6 Å². The van der Waals surface area contributed by atoms with Crippen molar-refractivity contribution in [1.82, 2.24) is 14.9 Å². The minimum absolute atomic E-state index is 0.740. The lowest BCUT2D eigenvalue weighted by Gasteiger charge is -2.27. The second kappa shape index (κ2) is 5.17. The standard InChI is InChI=1S/C17H16ClN3/c18-14-5-6-15-16(9-14)20-17(19-15)11-21-8-7-12-3-1-2-4-13(12)10-21/h1-6,9H,7-8,10-11H2,(H,19,20). The fourth-order valence-electron chi connectivity index (χ4n) is 3.01. The van der Waals surface area contributed by atoms with Gasteiger partial charge in [0.15, 0.2) is 0 Å². The average Bonchev–Trinajstić information content (AvgIpc) is 2.88. The van der Waals surface area contributed by atoms with Crippen LogP contribution < -0.4 is 0 Å². The average molecular weight is 298 g/mol. The second-order valence-electron chi connectivity index (χ2n) is 5.57. The van der Waals surface area contributed by atoms with Gasteiger partial charge < -0.3 is 4.98 Å². The molecule has 0 unspecified atom stereocenters. The molecule has 0 aliphatic carbocycles. The van der Waals surface area contributed by atoms with E-state index in [-0.39, 0.29) is 0 Å². The van der Waals surface area contributed by atoms with Crippen LogP contribution in [0.4, 0.5) is 0 Å². The number of aromatic amines is 1. The van der Waals surface area contributed by atoms with Crippen molar-refractivity contribution in [3.8, 4) is 0 Å². The fourth-order valence-corrected chi connectivity index (χ4v) is 3.18. The molecule has 1 N–H and O–H groups in total. The maximum absolute atomic E-state index is 6.02. The van der Waals surface area contributed by atoms with E-state index in [9.17, 15) is 0 Å². The first-order chi connectivity index (χ1) is 10.3. The smallest absolute Gasteiger partial charge is 0.121 e. The molecule has 0 fully saturated rings. The number of imidazole rings is 1. The molecule has 106 valence electrons. The lowest BCUT2D eigenvalue weighted by Crippen LogP contribution is -2.30. The fraction of sp³-hybridized carbons (Fsp3) is 0.235. The summed E-state index contributed by atoms with van der Waals surface area (Å²) >= 11 is 6.02. The van der Waals surface area contributed by atoms with Crippen LogP contribution in [0.2, 0.25) is 5.02 Å². The zero-order chi connectivity index (χ0) is 14.2. The Balaban J connectivity index is 1.55. The van der Waals surface area contributed by atoms with Gasteiger partial charge >= 0.3 is 0 Å². The van der Waals surface area contributed by atoms with Crippen molar-refractivity contribution in [2.45, 2.75) is 19.5 Å². The molecule has 0 atom stereocenters. The highest BCUT2D eigenvalue weighted by molar-refractivity contribution is 6.31. The van der Waals surface area contributed by atoms with Crippen LogP contribution >= 0.6 is 11.6 Å². The van der Waals surface area contributed by atoms with Gasteiger partial charge in [0.05, 0.1) is 17.6 Å². The van der Waals surface area contributed by atoms with Gasteiger partial charge in [0, 0.05) is 18.1 Å². The normalized spacial score (nSPS) is 15.3. The Kier molecular flexibility index (Phi) is 3.17. The molecule has 1 aliphatic heterocycles. The van der Waals surface area contributed by atoms with Crippen LogP contribution in [-0.4, -0.2) is 21.4 Å². The first-order valence-corrected chi connectivity index (χ1v) is 7.59. The van der Waals surface area contributed by atoms with Crippen LogP contribution in [0.15, 0.2) is 42.5 Å². The third kappa shape index (κ3) is 2.55. The van der Waals surface area contributed by atoms with E-state index in [2.05, 4.69) is 39.1 Å².